The van der Waals surface area contributed by atoms with Crippen molar-refractivity contribution in [2.45, 2.75) is 37.6 Å². The number of nitrogens with one attached hydrogen (secondary N) is 1. The Bertz CT molecular complexity index is 497. The summed E-state index contributed by atoms with van der Waals surface area (Å²) in [6.07, 6.45) is -5.77. The molecular formula is C12H16N2O6. The standard InChI is InChI=1S/C12H16N2O6/c1-6-9(15)10(16)11(17)12(20-6)13-7-4-2-3-5-8(7)14(18)19/h2-6,9-13,15-17H,1H3/t6-,9+,10-,11-,12+/m0/s1. The maximum atomic E-state index is 10.9. The Balaban J connectivity index is 2.20. The van der Waals surface area contributed by atoms with Crippen LogP contribution in [0.25, 0.3) is 0 Å². The summed E-state index contributed by atoms with van der Waals surface area (Å²) in [5.41, 5.74) is -0.00564. The predicted octanol–water partition coefficient (Wildman–Crippen LogP) is -0.166. The molecule has 0 radical (unpaired) electrons. The van der Waals surface area contributed by atoms with E-state index in [9.17, 15) is 25.4 Å². The van der Waals surface area contributed by atoms with E-state index in [1.54, 1.807) is 6.07 Å². The van der Waals surface area contributed by atoms with E-state index in [1.807, 2.05) is 0 Å². The van der Waals surface area contributed by atoms with Crippen LogP contribution in [0.15, 0.2) is 24.3 Å². The molecule has 0 unspecified atom stereocenters. The number of ether oxygens (including phenoxy) is 1. The summed E-state index contributed by atoms with van der Waals surface area (Å²) in [4.78, 5) is 10.3. The quantitative estimate of drug-likeness (QED) is 0.448. The maximum absolute atomic E-state index is 10.9. The van der Waals surface area contributed by atoms with Gasteiger partial charge in [0.25, 0.3) is 5.69 Å². The smallest absolute Gasteiger partial charge is 0.292 e. The number of rotatable bonds is 3. The van der Waals surface area contributed by atoms with Gasteiger partial charge in [-0.15, -0.1) is 0 Å². The summed E-state index contributed by atoms with van der Waals surface area (Å²) in [6.45, 7) is 1.54. The number of aliphatic hydroxyl groups is 3. The number of nitro groups is 1. The van der Waals surface area contributed by atoms with Crippen LogP contribution in [0.5, 0.6) is 0 Å². The molecule has 1 fully saturated rings. The van der Waals surface area contributed by atoms with Gasteiger partial charge in [0.1, 0.15) is 24.0 Å². The Hall–Kier alpha value is -1.74. The Morgan fingerprint density at radius 2 is 1.85 bits per heavy atom. The van der Waals surface area contributed by atoms with Gasteiger partial charge < -0.3 is 25.4 Å². The number of hydrogen-bond donors (Lipinski definition) is 4. The van der Waals surface area contributed by atoms with Crippen LogP contribution in [0.4, 0.5) is 11.4 Å². The first-order valence-corrected chi connectivity index (χ1v) is 6.11. The van der Waals surface area contributed by atoms with Crippen molar-refractivity contribution < 1.29 is 25.0 Å². The van der Waals surface area contributed by atoms with Crippen LogP contribution >= 0.6 is 0 Å². The second-order valence-corrected chi connectivity index (χ2v) is 4.65. The summed E-state index contributed by atoms with van der Waals surface area (Å²) in [5.74, 6) is 0. The van der Waals surface area contributed by atoms with Crippen molar-refractivity contribution in [3.8, 4) is 0 Å². The van der Waals surface area contributed by atoms with E-state index in [2.05, 4.69) is 5.32 Å². The van der Waals surface area contributed by atoms with Gasteiger partial charge in [0.15, 0.2) is 6.23 Å². The van der Waals surface area contributed by atoms with E-state index in [0.29, 0.717) is 0 Å². The summed E-state index contributed by atoms with van der Waals surface area (Å²) in [6, 6.07) is 5.89. The number of para-hydroxylation sites is 2. The minimum absolute atomic E-state index is 0.164. The van der Waals surface area contributed by atoms with Crippen molar-refractivity contribution in [2.24, 2.45) is 0 Å². The molecular weight excluding hydrogens is 268 g/mol. The zero-order chi connectivity index (χ0) is 14.9. The van der Waals surface area contributed by atoms with E-state index < -0.39 is 35.6 Å². The second-order valence-electron chi connectivity index (χ2n) is 4.65. The van der Waals surface area contributed by atoms with Crippen LogP contribution in [0.1, 0.15) is 6.92 Å². The Morgan fingerprint density at radius 3 is 2.50 bits per heavy atom. The van der Waals surface area contributed by atoms with Crippen LogP contribution in [0, 0.1) is 10.1 Å². The fraction of sp³-hybridized carbons (Fsp3) is 0.500. The third-order valence-electron chi connectivity index (χ3n) is 3.25. The summed E-state index contributed by atoms with van der Waals surface area (Å²) in [5, 5.41) is 42.7. The Morgan fingerprint density at radius 1 is 1.20 bits per heavy atom. The van der Waals surface area contributed by atoms with Gasteiger partial charge in [0.2, 0.25) is 0 Å². The van der Waals surface area contributed by atoms with E-state index in [0.717, 1.165) is 0 Å². The molecule has 0 aliphatic carbocycles. The molecule has 1 aromatic rings. The van der Waals surface area contributed by atoms with E-state index in [-0.39, 0.29) is 11.4 Å². The molecule has 110 valence electrons. The molecule has 0 saturated carbocycles. The SMILES string of the molecule is C[C@@H]1O[C@@H](Nc2ccccc2[N+](=O)[O-])[C@@H](O)[C@@H](O)[C@@H]1O. The lowest BCUT2D eigenvalue weighted by molar-refractivity contribution is -0.384. The molecule has 1 aliphatic rings. The lowest BCUT2D eigenvalue weighted by atomic mass is 9.99. The van der Waals surface area contributed by atoms with Crippen LogP contribution in [0.3, 0.4) is 0 Å². The second kappa shape index (κ2) is 5.71. The van der Waals surface area contributed by atoms with Gasteiger partial charge in [-0.05, 0) is 13.0 Å². The minimum Gasteiger partial charge on any atom is -0.388 e. The predicted molar refractivity (Wildman–Crippen MR) is 69.1 cm³/mol. The maximum Gasteiger partial charge on any atom is 0.292 e. The first-order valence-electron chi connectivity index (χ1n) is 6.11. The first-order chi connectivity index (χ1) is 9.41. The molecule has 8 nitrogen and oxygen atoms in total. The van der Waals surface area contributed by atoms with Crippen LogP contribution < -0.4 is 5.32 Å². The van der Waals surface area contributed by atoms with Crippen molar-refractivity contribution in [3.05, 3.63) is 34.4 Å². The third-order valence-corrected chi connectivity index (χ3v) is 3.25. The van der Waals surface area contributed by atoms with E-state index in [1.165, 1.54) is 25.1 Å². The molecule has 8 heteroatoms. The van der Waals surface area contributed by atoms with Crippen molar-refractivity contribution in [1.29, 1.82) is 0 Å². The van der Waals surface area contributed by atoms with Gasteiger partial charge in [0, 0.05) is 6.07 Å². The van der Waals surface area contributed by atoms with Gasteiger partial charge >= 0.3 is 0 Å². The van der Waals surface area contributed by atoms with Crippen molar-refractivity contribution in [3.63, 3.8) is 0 Å². The number of hydrogen-bond acceptors (Lipinski definition) is 7. The Labute approximate surface area is 114 Å². The highest BCUT2D eigenvalue weighted by atomic mass is 16.6. The molecule has 0 bridgehead atoms. The minimum atomic E-state index is -1.40. The van der Waals surface area contributed by atoms with Gasteiger partial charge in [-0.3, -0.25) is 10.1 Å². The molecule has 20 heavy (non-hydrogen) atoms. The Kier molecular flexibility index (Phi) is 4.19. The van der Waals surface area contributed by atoms with Crippen LogP contribution in [0.2, 0.25) is 0 Å². The van der Waals surface area contributed by atoms with Gasteiger partial charge in [-0.25, -0.2) is 0 Å². The highest BCUT2D eigenvalue weighted by Crippen LogP contribution is 2.27. The highest BCUT2D eigenvalue weighted by molar-refractivity contribution is 5.61. The largest absolute Gasteiger partial charge is 0.388 e. The van der Waals surface area contributed by atoms with Crippen LogP contribution in [-0.2, 0) is 4.74 Å². The zero-order valence-electron chi connectivity index (χ0n) is 10.7. The summed E-state index contributed by atoms with van der Waals surface area (Å²) >= 11 is 0. The molecule has 0 aromatic heterocycles. The first kappa shape index (κ1) is 14.7. The lowest BCUT2D eigenvalue weighted by Gasteiger charge is -2.39. The van der Waals surface area contributed by atoms with Crippen molar-refractivity contribution in [2.75, 3.05) is 5.32 Å². The van der Waals surface area contributed by atoms with E-state index in [4.69, 9.17) is 4.74 Å². The topological polar surface area (TPSA) is 125 Å². The molecule has 2 rings (SSSR count). The molecule has 5 atom stereocenters. The third kappa shape index (κ3) is 2.73. The molecule has 4 N–H and O–H groups in total. The molecule has 0 spiro atoms. The fourth-order valence-corrected chi connectivity index (χ4v) is 2.08. The summed E-state index contributed by atoms with van der Waals surface area (Å²) in [7, 11) is 0. The average Bonchev–Trinajstić information content (AvgIpc) is 2.43. The number of nitrogens with zero attached hydrogens (tertiary/aromatic N) is 1. The van der Waals surface area contributed by atoms with Gasteiger partial charge in [-0.2, -0.15) is 0 Å². The number of nitro benzene ring substituents is 1. The van der Waals surface area contributed by atoms with E-state index >= 15 is 0 Å². The average molecular weight is 284 g/mol. The summed E-state index contributed by atoms with van der Waals surface area (Å²) < 4.78 is 5.33. The van der Waals surface area contributed by atoms with Gasteiger partial charge in [-0.1, -0.05) is 12.1 Å². The molecule has 1 aromatic carbocycles. The fourth-order valence-electron chi connectivity index (χ4n) is 2.08. The number of aliphatic hydroxyl groups excluding tert-OH is 3. The molecule has 1 heterocycles. The number of anilines is 1. The van der Waals surface area contributed by atoms with Crippen LogP contribution in [-0.4, -0.2) is 50.9 Å². The molecule has 0 amide bonds. The van der Waals surface area contributed by atoms with Crippen molar-refractivity contribution in [1.82, 2.24) is 0 Å². The lowest BCUT2D eigenvalue weighted by Crippen LogP contribution is -2.58. The number of benzene rings is 1. The monoisotopic (exact) mass is 284 g/mol. The highest BCUT2D eigenvalue weighted by Gasteiger charge is 2.42. The van der Waals surface area contributed by atoms with Gasteiger partial charge in [0.05, 0.1) is 11.0 Å². The molecule has 1 aliphatic heterocycles. The zero-order valence-corrected chi connectivity index (χ0v) is 10.7. The van der Waals surface area contributed by atoms with Crippen molar-refractivity contribution >= 4 is 11.4 Å². The molecule has 1 saturated heterocycles. The normalized spacial score (nSPS) is 33.7.